The number of ether oxygens (including phenoxy) is 1. The summed E-state index contributed by atoms with van der Waals surface area (Å²) >= 11 is 0. The summed E-state index contributed by atoms with van der Waals surface area (Å²) in [7, 11) is 1.55. The van der Waals surface area contributed by atoms with E-state index < -0.39 is 4.92 Å². The molecule has 0 atom stereocenters. The zero-order valence-corrected chi connectivity index (χ0v) is 11.9. The Bertz CT molecular complexity index is 708. The molecule has 0 fully saturated rings. The smallest absolute Gasteiger partial charge is 0.269 e. The highest BCUT2D eigenvalue weighted by atomic mass is 16.6. The van der Waals surface area contributed by atoms with Crippen LogP contribution in [0.25, 0.3) is 6.08 Å². The van der Waals surface area contributed by atoms with Crippen LogP contribution < -0.4 is 10.1 Å². The first-order valence-corrected chi connectivity index (χ1v) is 6.46. The van der Waals surface area contributed by atoms with Crippen LogP contribution in [0.2, 0.25) is 0 Å². The molecular formula is C16H14N2O4. The molecule has 2 rings (SSSR count). The number of carbonyl (C=O) groups is 1. The maximum absolute atomic E-state index is 11.8. The number of anilines is 1. The van der Waals surface area contributed by atoms with Gasteiger partial charge in [-0.05, 0) is 35.9 Å². The molecule has 1 amide bonds. The Labute approximate surface area is 127 Å². The summed E-state index contributed by atoms with van der Waals surface area (Å²) in [5, 5.41) is 13.2. The summed E-state index contributed by atoms with van der Waals surface area (Å²) in [6.07, 6.45) is 2.94. The lowest BCUT2D eigenvalue weighted by molar-refractivity contribution is -0.384. The minimum atomic E-state index is -0.469. The predicted octanol–water partition coefficient (Wildman–Crippen LogP) is 3.26. The molecule has 0 heterocycles. The van der Waals surface area contributed by atoms with Crippen molar-refractivity contribution in [3.8, 4) is 5.75 Å². The summed E-state index contributed by atoms with van der Waals surface area (Å²) in [5.74, 6) is 0.351. The highest BCUT2D eigenvalue weighted by Crippen LogP contribution is 2.17. The number of hydrogen-bond donors (Lipinski definition) is 1. The molecular weight excluding hydrogens is 284 g/mol. The lowest BCUT2D eigenvalue weighted by Gasteiger charge is -2.04. The topological polar surface area (TPSA) is 81.5 Å². The van der Waals surface area contributed by atoms with Crippen LogP contribution in [0, 0.1) is 10.1 Å². The molecule has 0 bridgehead atoms. The number of nitro benzene ring substituents is 1. The number of nitrogens with one attached hydrogen (secondary N) is 1. The molecule has 0 radical (unpaired) electrons. The number of carbonyl (C=O) groups excluding carboxylic acids is 1. The second-order valence-electron chi connectivity index (χ2n) is 4.40. The normalized spacial score (nSPS) is 10.4. The van der Waals surface area contributed by atoms with Crippen LogP contribution in [-0.2, 0) is 4.79 Å². The monoisotopic (exact) mass is 298 g/mol. The van der Waals surface area contributed by atoms with E-state index in [1.165, 1.54) is 18.2 Å². The Morgan fingerprint density at radius 1 is 1.23 bits per heavy atom. The van der Waals surface area contributed by atoms with E-state index in [-0.39, 0.29) is 11.6 Å². The van der Waals surface area contributed by atoms with Crippen molar-refractivity contribution in [3.63, 3.8) is 0 Å². The second-order valence-corrected chi connectivity index (χ2v) is 4.40. The lowest BCUT2D eigenvalue weighted by atomic mass is 10.2. The van der Waals surface area contributed by atoms with Crippen molar-refractivity contribution in [3.05, 3.63) is 70.3 Å². The predicted molar refractivity (Wildman–Crippen MR) is 83.8 cm³/mol. The van der Waals surface area contributed by atoms with Gasteiger partial charge in [-0.25, -0.2) is 0 Å². The van der Waals surface area contributed by atoms with Crippen LogP contribution in [0.4, 0.5) is 11.4 Å². The van der Waals surface area contributed by atoms with Crippen LogP contribution in [0.15, 0.2) is 54.6 Å². The number of benzene rings is 2. The van der Waals surface area contributed by atoms with Gasteiger partial charge in [0, 0.05) is 30.0 Å². The molecule has 2 aromatic rings. The Morgan fingerprint density at radius 2 is 1.95 bits per heavy atom. The van der Waals surface area contributed by atoms with E-state index in [1.54, 1.807) is 49.6 Å². The summed E-state index contributed by atoms with van der Waals surface area (Å²) in [6.45, 7) is 0. The first kappa shape index (κ1) is 15.2. The first-order chi connectivity index (χ1) is 10.6. The molecule has 0 aliphatic rings. The van der Waals surface area contributed by atoms with Crippen molar-refractivity contribution in [2.45, 2.75) is 0 Å². The number of nitro groups is 1. The van der Waals surface area contributed by atoms with Gasteiger partial charge in [-0.1, -0.05) is 6.07 Å². The molecule has 0 saturated carbocycles. The van der Waals surface area contributed by atoms with Gasteiger partial charge in [0.05, 0.1) is 12.0 Å². The quantitative estimate of drug-likeness (QED) is 0.522. The minimum absolute atomic E-state index is 0.0120. The third-order valence-corrected chi connectivity index (χ3v) is 2.87. The molecule has 0 spiro atoms. The minimum Gasteiger partial charge on any atom is -0.497 e. The van der Waals surface area contributed by atoms with E-state index >= 15 is 0 Å². The van der Waals surface area contributed by atoms with Gasteiger partial charge in [0.2, 0.25) is 5.91 Å². The van der Waals surface area contributed by atoms with Gasteiger partial charge < -0.3 is 10.1 Å². The van der Waals surface area contributed by atoms with E-state index in [0.717, 1.165) is 0 Å². The number of rotatable bonds is 5. The van der Waals surface area contributed by atoms with Gasteiger partial charge >= 0.3 is 0 Å². The van der Waals surface area contributed by atoms with E-state index in [2.05, 4.69) is 5.32 Å². The molecule has 0 unspecified atom stereocenters. The highest BCUT2D eigenvalue weighted by molar-refractivity contribution is 6.02. The fraction of sp³-hybridized carbons (Fsp3) is 0.0625. The Morgan fingerprint density at radius 3 is 2.59 bits per heavy atom. The van der Waals surface area contributed by atoms with Crippen molar-refractivity contribution in [1.29, 1.82) is 0 Å². The Kier molecular flexibility index (Phi) is 4.87. The molecule has 6 nitrogen and oxygen atoms in total. The van der Waals surface area contributed by atoms with Crippen LogP contribution in [0.3, 0.4) is 0 Å². The molecule has 2 aromatic carbocycles. The number of non-ortho nitro benzene ring substituents is 1. The largest absolute Gasteiger partial charge is 0.497 e. The Hall–Kier alpha value is -3.15. The van der Waals surface area contributed by atoms with E-state index in [9.17, 15) is 14.9 Å². The molecule has 0 aliphatic carbocycles. The molecule has 6 heteroatoms. The third kappa shape index (κ3) is 4.17. The summed E-state index contributed by atoms with van der Waals surface area (Å²) in [4.78, 5) is 21.9. The highest BCUT2D eigenvalue weighted by Gasteiger charge is 2.03. The van der Waals surface area contributed by atoms with Crippen molar-refractivity contribution < 1.29 is 14.5 Å². The van der Waals surface area contributed by atoms with Crippen LogP contribution in [0.1, 0.15) is 5.56 Å². The van der Waals surface area contributed by atoms with Crippen molar-refractivity contribution in [2.24, 2.45) is 0 Å². The standard InChI is InChI=1S/C16H14N2O4/c1-22-15-4-2-3-13(11-15)17-16(19)10-7-12-5-8-14(9-6-12)18(20)21/h2-11H,1H3,(H,17,19)/b10-7+. The zero-order valence-electron chi connectivity index (χ0n) is 11.9. The van der Waals surface area contributed by atoms with Gasteiger partial charge in [0.15, 0.2) is 0 Å². The number of amides is 1. The van der Waals surface area contributed by atoms with Crippen LogP contribution in [-0.4, -0.2) is 17.9 Å². The number of hydrogen-bond acceptors (Lipinski definition) is 4. The fourth-order valence-electron chi connectivity index (χ4n) is 1.76. The van der Waals surface area contributed by atoms with Gasteiger partial charge in [-0.15, -0.1) is 0 Å². The van der Waals surface area contributed by atoms with Crippen LogP contribution >= 0.6 is 0 Å². The van der Waals surface area contributed by atoms with Crippen molar-refractivity contribution >= 4 is 23.4 Å². The molecule has 0 aliphatic heterocycles. The van der Waals surface area contributed by atoms with E-state index in [4.69, 9.17) is 4.74 Å². The molecule has 112 valence electrons. The zero-order chi connectivity index (χ0) is 15.9. The van der Waals surface area contributed by atoms with E-state index in [1.807, 2.05) is 0 Å². The van der Waals surface area contributed by atoms with Gasteiger partial charge in [0.1, 0.15) is 5.75 Å². The number of methoxy groups -OCH3 is 1. The average Bonchev–Trinajstić information content (AvgIpc) is 2.53. The molecule has 0 saturated heterocycles. The summed E-state index contributed by atoms with van der Waals surface area (Å²) in [6, 6.07) is 12.9. The maximum atomic E-state index is 11.8. The first-order valence-electron chi connectivity index (χ1n) is 6.46. The fourth-order valence-corrected chi connectivity index (χ4v) is 1.76. The third-order valence-electron chi connectivity index (χ3n) is 2.87. The van der Waals surface area contributed by atoms with Crippen LogP contribution in [0.5, 0.6) is 5.75 Å². The average molecular weight is 298 g/mol. The van der Waals surface area contributed by atoms with E-state index in [0.29, 0.717) is 17.0 Å². The summed E-state index contributed by atoms with van der Waals surface area (Å²) < 4.78 is 5.07. The van der Waals surface area contributed by atoms with Gasteiger partial charge in [-0.3, -0.25) is 14.9 Å². The van der Waals surface area contributed by atoms with Gasteiger partial charge in [-0.2, -0.15) is 0 Å². The van der Waals surface area contributed by atoms with Crippen molar-refractivity contribution in [2.75, 3.05) is 12.4 Å². The maximum Gasteiger partial charge on any atom is 0.269 e. The lowest BCUT2D eigenvalue weighted by Crippen LogP contribution is -2.07. The van der Waals surface area contributed by atoms with Gasteiger partial charge in [0.25, 0.3) is 5.69 Å². The molecule has 0 aromatic heterocycles. The second kappa shape index (κ2) is 7.03. The van der Waals surface area contributed by atoms with Crippen molar-refractivity contribution in [1.82, 2.24) is 0 Å². The Balaban J connectivity index is 2.00. The SMILES string of the molecule is COc1cccc(NC(=O)/C=C/c2ccc([N+](=O)[O-])cc2)c1. The molecule has 22 heavy (non-hydrogen) atoms. The number of nitrogens with zero attached hydrogens (tertiary/aromatic N) is 1. The molecule has 1 N–H and O–H groups in total. The summed E-state index contributed by atoms with van der Waals surface area (Å²) in [5.41, 5.74) is 1.34.